The normalized spacial score (nSPS) is 48.7. The molecule has 4 aliphatic carbocycles. The number of carbonyl (C=O) groups excluding carboxylic acids is 3. The molecule has 0 spiro atoms. The van der Waals surface area contributed by atoms with Crippen molar-refractivity contribution in [1.82, 2.24) is 0 Å². The van der Waals surface area contributed by atoms with Crippen molar-refractivity contribution in [3.8, 4) is 0 Å². The highest BCUT2D eigenvalue weighted by atomic mass is 16.8. The standard InChI is InChI=1S/C50H76O20/c1-11-22(3)43(58)67-40-41-47(8)16-14-28(19-27(47)13-17-49(41,60)50(61)18-15-29(24(5)52)48(50,9)42(40)70-44(59)23(4)12-2)65-32-20-30(53)37(25(6)63-32)68-46-36(57)39(62-10)38(26(7)64-46)69-45-35(56)34(55)33(54)31(21-51)66-45/h11-13,25-26,28-42,45-46,51,53-57,60-61H,14-21H2,1-10H3. The van der Waals surface area contributed by atoms with Crippen LogP contribution < -0.4 is 0 Å². The minimum absolute atomic E-state index is 0.0248. The second-order valence-electron chi connectivity index (χ2n) is 21.1. The molecule has 396 valence electrons. The van der Waals surface area contributed by atoms with E-state index >= 15 is 0 Å². The van der Waals surface area contributed by atoms with E-state index in [0.29, 0.717) is 19.3 Å². The first-order valence-electron chi connectivity index (χ1n) is 24.7. The van der Waals surface area contributed by atoms with Gasteiger partial charge in [0, 0.05) is 41.9 Å². The molecule has 0 radical (unpaired) electrons. The highest BCUT2D eigenvalue weighted by Gasteiger charge is 2.81. The van der Waals surface area contributed by atoms with Crippen molar-refractivity contribution in [3.05, 3.63) is 34.9 Å². The number of ketones is 1. The fraction of sp³-hybridized carbons (Fsp3) is 0.820. The van der Waals surface area contributed by atoms with Gasteiger partial charge in [0.25, 0.3) is 0 Å². The number of methoxy groups -OCH3 is 1. The fourth-order valence-electron chi connectivity index (χ4n) is 13.0. The van der Waals surface area contributed by atoms with Gasteiger partial charge in [0.1, 0.15) is 78.0 Å². The molecule has 0 bridgehead atoms. The minimum Gasteiger partial charge on any atom is -0.455 e. The van der Waals surface area contributed by atoms with Crippen LogP contribution in [0.4, 0.5) is 0 Å². The van der Waals surface area contributed by atoms with Crippen molar-refractivity contribution >= 4 is 17.7 Å². The lowest BCUT2D eigenvalue weighted by molar-refractivity contribution is -0.370. The summed E-state index contributed by atoms with van der Waals surface area (Å²) >= 11 is 0. The Kier molecular flexibility index (Phi) is 16.4. The molecular weight excluding hydrogens is 921 g/mol. The molecule has 0 aromatic carbocycles. The lowest BCUT2D eigenvalue weighted by Crippen LogP contribution is -2.80. The average molecular weight is 997 g/mol. The molecule has 3 saturated heterocycles. The van der Waals surface area contributed by atoms with Crippen LogP contribution >= 0.6 is 0 Å². The first kappa shape index (κ1) is 55.0. The third-order valence-corrected chi connectivity index (χ3v) is 17.3. The number of fused-ring (bicyclic) bond motifs is 5. The molecular formula is C50H76O20. The SMILES string of the molecule is CC=C(C)C(=O)OC1C2C3(C)CCC(OC4CC(O)C(OC5OC(C)C(OC6OC(CO)C(O)C(O)C6O)C(OC)C5O)C(C)O4)CC3=CCC2(O)C2(O)CCC(C(C)=O)C2(C)C1OC(=O)C(C)=CC. The number of allylic oxidation sites excluding steroid dienone is 2. The van der Waals surface area contributed by atoms with Gasteiger partial charge < -0.3 is 83.5 Å². The number of aliphatic hydroxyl groups excluding tert-OH is 6. The Morgan fingerprint density at radius 1 is 0.757 bits per heavy atom. The number of hydrogen-bond acceptors (Lipinski definition) is 20. The van der Waals surface area contributed by atoms with Crippen LogP contribution in [0.5, 0.6) is 0 Å². The maximum Gasteiger partial charge on any atom is 0.333 e. The monoisotopic (exact) mass is 996 g/mol. The van der Waals surface area contributed by atoms with Crippen molar-refractivity contribution in [1.29, 1.82) is 0 Å². The summed E-state index contributed by atoms with van der Waals surface area (Å²) in [5.41, 5.74) is -4.94. The van der Waals surface area contributed by atoms with Crippen molar-refractivity contribution in [2.75, 3.05) is 13.7 Å². The Hall–Kier alpha value is -2.77. The zero-order chi connectivity index (χ0) is 51.6. The maximum atomic E-state index is 13.9. The second-order valence-corrected chi connectivity index (χ2v) is 21.1. The van der Waals surface area contributed by atoms with Crippen LogP contribution in [0.1, 0.15) is 107 Å². The molecule has 70 heavy (non-hydrogen) atoms. The first-order valence-corrected chi connectivity index (χ1v) is 24.7. The summed E-state index contributed by atoms with van der Waals surface area (Å²) in [6, 6.07) is 0. The highest BCUT2D eigenvalue weighted by Crippen LogP contribution is 2.70. The number of esters is 2. The quantitative estimate of drug-likeness (QED) is 0.0723. The number of rotatable bonds is 13. The van der Waals surface area contributed by atoms with Crippen LogP contribution in [0.25, 0.3) is 0 Å². The lowest BCUT2D eigenvalue weighted by atomic mass is 9.42. The van der Waals surface area contributed by atoms with Gasteiger partial charge in [0.05, 0.1) is 31.0 Å². The van der Waals surface area contributed by atoms with E-state index in [4.69, 9.17) is 42.6 Å². The van der Waals surface area contributed by atoms with E-state index in [1.165, 1.54) is 14.0 Å². The molecule has 23 atom stereocenters. The summed E-state index contributed by atoms with van der Waals surface area (Å²) in [4.78, 5) is 41.0. The van der Waals surface area contributed by atoms with Gasteiger partial charge in [-0.15, -0.1) is 0 Å². The van der Waals surface area contributed by atoms with E-state index in [0.717, 1.165) is 5.57 Å². The maximum absolute atomic E-state index is 13.9. The molecule has 8 N–H and O–H groups in total. The minimum atomic E-state index is -1.95. The molecule has 3 heterocycles. The van der Waals surface area contributed by atoms with Crippen LogP contribution in [0, 0.1) is 22.7 Å². The zero-order valence-electron chi connectivity index (χ0n) is 41.8. The predicted molar refractivity (Wildman–Crippen MR) is 243 cm³/mol. The third kappa shape index (κ3) is 9.18. The molecule has 6 fully saturated rings. The van der Waals surface area contributed by atoms with Crippen molar-refractivity contribution in [3.63, 3.8) is 0 Å². The topological polar surface area (TPSA) is 296 Å². The van der Waals surface area contributed by atoms with Gasteiger partial charge in [-0.25, -0.2) is 9.59 Å². The van der Waals surface area contributed by atoms with Crippen molar-refractivity contribution in [2.45, 2.75) is 223 Å². The van der Waals surface area contributed by atoms with Gasteiger partial charge in [-0.3, -0.25) is 4.79 Å². The average Bonchev–Trinajstić information content (AvgIpc) is 3.61. The molecule has 7 aliphatic rings. The van der Waals surface area contributed by atoms with Crippen LogP contribution in [0.15, 0.2) is 34.9 Å². The van der Waals surface area contributed by atoms with E-state index in [2.05, 4.69) is 0 Å². The fourth-order valence-corrected chi connectivity index (χ4v) is 13.0. The molecule has 0 aromatic heterocycles. The summed E-state index contributed by atoms with van der Waals surface area (Å²) in [6.45, 7) is 14.2. The largest absolute Gasteiger partial charge is 0.455 e. The predicted octanol–water partition coefficient (Wildman–Crippen LogP) is 0.932. The number of hydrogen-bond donors (Lipinski definition) is 8. The second kappa shape index (κ2) is 20.9. The van der Waals surface area contributed by atoms with Gasteiger partial charge in [-0.2, -0.15) is 0 Å². The number of Topliss-reactive ketones (excluding diaryl/α,β-unsaturated/α-hetero) is 1. The third-order valence-electron chi connectivity index (χ3n) is 17.3. The molecule has 0 amide bonds. The van der Waals surface area contributed by atoms with E-state index in [-0.39, 0.29) is 42.6 Å². The summed E-state index contributed by atoms with van der Waals surface area (Å²) in [5, 5.41) is 90.0. The number of carbonyl (C=O) groups is 3. The molecule has 7 rings (SSSR count). The highest BCUT2D eigenvalue weighted by molar-refractivity contribution is 5.89. The summed E-state index contributed by atoms with van der Waals surface area (Å²) < 4.78 is 54.8. The van der Waals surface area contributed by atoms with Gasteiger partial charge in [-0.05, 0) is 92.4 Å². The lowest BCUT2D eigenvalue weighted by Gasteiger charge is -2.68. The van der Waals surface area contributed by atoms with E-state index in [1.807, 2.05) is 13.0 Å². The Morgan fingerprint density at radius 3 is 1.97 bits per heavy atom. The summed E-state index contributed by atoms with van der Waals surface area (Å²) in [6.07, 6.45) is -14.2. The van der Waals surface area contributed by atoms with E-state index in [1.54, 1.807) is 60.6 Å². The molecule has 3 saturated carbocycles. The van der Waals surface area contributed by atoms with Crippen LogP contribution in [0.2, 0.25) is 0 Å². The molecule has 3 aliphatic heterocycles. The molecule has 20 nitrogen and oxygen atoms in total. The summed E-state index contributed by atoms with van der Waals surface area (Å²) in [7, 11) is 1.32. The number of ether oxygens (including phenoxy) is 9. The Labute approximate surface area is 408 Å². The summed E-state index contributed by atoms with van der Waals surface area (Å²) in [5.74, 6) is -3.46. The molecule has 23 unspecified atom stereocenters. The van der Waals surface area contributed by atoms with Crippen LogP contribution in [0.3, 0.4) is 0 Å². The Morgan fingerprint density at radius 2 is 1.37 bits per heavy atom. The van der Waals surface area contributed by atoms with Gasteiger partial charge in [0.15, 0.2) is 18.9 Å². The zero-order valence-corrected chi connectivity index (χ0v) is 41.8. The van der Waals surface area contributed by atoms with Crippen LogP contribution in [-0.4, -0.2) is 188 Å². The van der Waals surface area contributed by atoms with Crippen molar-refractivity contribution in [2.24, 2.45) is 22.7 Å². The Bertz CT molecular complexity index is 2010. The van der Waals surface area contributed by atoms with Gasteiger partial charge in [0.2, 0.25) is 0 Å². The van der Waals surface area contributed by atoms with Gasteiger partial charge in [-0.1, -0.05) is 37.6 Å². The van der Waals surface area contributed by atoms with E-state index in [9.17, 15) is 55.2 Å². The van der Waals surface area contributed by atoms with E-state index < -0.39 is 157 Å². The number of aliphatic hydroxyl groups is 8. The molecule has 0 aromatic rings. The van der Waals surface area contributed by atoms with Crippen LogP contribution in [-0.2, 0) is 57.0 Å². The Balaban J connectivity index is 1.07. The first-order chi connectivity index (χ1) is 32.9. The molecule has 20 heteroatoms. The van der Waals surface area contributed by atoms with Gasteiger partial charge >= 0.3 is 11.9 Å². The smallest absolute Gasteiger partial charge is 0.333 e. The van der Waals surface area contributed by atoms with Crippen molar-refractivity contribution < 1.29 is 97.9 Å².